The third-order valence-electron chi connectivity index (χ3n) is 6.39. The first-order valence-corrected chi connectivity index (χ1v) is 13.1. The van der Waals surface area contributed by atoms with Crippen LogP contribution in [0.25, 0.3) is 0 Å². The van der Waals surface area contributed by atoms with Gasteiger partial charge >= 0.3 is 5.97 Å². The Hall–Kier alpha value is -3.11. The lowest BCUT2D eigenvalue weighted by Gasteiger charge is -2.37. The van der Waals surface area contributed by atoms with Gasteiger partial charge in [0.25, 0.3) is 0 Å². The molecule has 10 heteroatoms. The number of rotatable bonds is 6. The minimum absolute atomic E-state index is 0.0481. The van der Waals surface area contributed by atoms with Crippen molar-refractivity contribution in [2.24, 2.45) is 5.92 Å². The summed E-state index contributed by atoms with van der Waals surface area (Å²) in [7, 11) is -2.41. The Balaban J connectivity index is 1.47. The van der Waals surface area contributed by atoms with Gasteiger partial charge in [-0.15, -0.1) is 0 Å². The van der Waals surface area contributed by atoms with E-state index in [0.29, 0.717) is 36.6 Å². The average Bonchev–Trinajstić information content (AvgIpc) is 2.88. The Bertz CT molecular complexity index is 1210. The molecule has 2 heterocycles. The molecular formula is C25H30N2O7S. The van der Waals surface area contributed by atoms with Crippen molar-refractivity contribution in [2.75, 3.05) is 38.3 Å². The quantitative estimate of drug-likeness (QED) is 0.560. The average molecular weight is 503 g/mol. The highest BCUT2D eigenvalue weighted by Gasteiger charge is 2.39. The standard InChI is InChI=1S/C25H30N2O7S/c1-4-33-21-10-9-19(15-17(21)2)35(30,31)26-13-11-18(12-14-26)24(28)27-16-23(25(29)32-3)34-22-8-6-5-7-20(22)27/h5-10,15,18,23H,4,11-14,16H2,1-3H3. The van der Waals surface area contributed by atoms with Crippen LogP contribution in [-0.4, -0.2) is 64.1 Å². The van der Waals surface area contributed by atoms with Gasteiger partial charge in [-0.1, -0.05) is 12.1 Å². The van der Waals surface area contributed by atoms with Crippen molar-refractivity contribution in [3.05, 3.63) is 48.0 Å². The summed E-state index contributed by atoms with van der Waals surface area (Å²) in [6.45, 7) is 4.71. The number of ether oxygens (including phenoxy) is 3. The number of benzene rings is 2. The van der Waals surface area contributed by atoms with Gasteiger partial charge in [0.2, 0.25) is 22.0 Å². The fourth-order valence-electron chi connectivity index (χ4n) is 4.51. The van der Waals surface area contributed by atoms with Crippen LogP contribution in [-0.2, 0) is 24.3 Å². The van der Waals surface area contributed by atoms with Crippen LogP contribution in [0.2, 0.25) is 0 Å². The highest BCUT2D eigenvalue weighted by atomic mass is 32.2. The van der Waals surface area contributed by atoms with Crippen LogP contribution in [0.4, 0.5) is 5.69 Å². The summed E-state index contributed by atoms with van der Waals surface area (Å²) in [6.07, 6.45) is -0.144. The molecule has 2 aliphatic rings. The summed E-state index contributed by atoms with van der Waals surface area (Å²) >= 11 is 0. The van der Waals surface area contributed by atoms with E-state index in [9.17, 15) is 18.0 Å². The second-order valence-electron chi connectivity index (χ2n) is 8.58. The van der Waals surface area contributed by atoms with E-state index in [-0.39, 0.29) is 36.4 Å². The van der Waals surface area contributed by atoms with Gasteiger partial charge in [0.15, 0.2) is 0 Å². The molecule has 2 aliphatic heterocycles. The maximum absolute atomic E-state index is 13.5. The summed E-state index contributed by atoms with van der Waals surface area (Å²) in [4.78, 5) is 27.4. The molecular weight excluding hydrogens is 472 g/mol. The fourth-order valence-corrected chi connectivity index (χ4v) is 6.07. The number of carbonyl (C=O) groups is 2. The number of esters is 1. The van der Waals surface area contributed by atoms with Gasteiger partial charge in [-0.25, -0.2) is 13.2 Å². The Morgan fingerprint density at radius 1 is 1.11 bits per heavy atom. The van der Waals surface area contributed by atoms with Gasteiger partial charge in [-0.05, 0) is 62.6 Å². The molecule has 0 bridgehead atoms. The number of hydrogen-bond donors (Lipinski definition) is 0. The summed E-state index contributed by atoms with van der Waals surface area (Å²) in [5.41, 5.74) is 1.35. The summed E-state index contributed by atoms with van der Waals surface area (Å²) < 4.78 is 43.9. The number of methoxy groups -OCH3 is 1. The first-order valence-electron chi connectivity index (χ1n) is 11.6. The van der Waals surface area contributed by atoms with E-state index >= 15 is 0 Å². The molecule has 1 saturated heterocycles. The zero-order chi connectivity index (χ0) is 25.2. The molecule has 0 N–H and O–H groups in total. The molecule has 1 atom stereocenters. The smallest absolute Gasteiger partial charge is 0.348 e. The minimum atomic E-state index is -3.69. The number of para-hydroxylation sites is 2. The zero-order valence-corrected chi connectivity index (χ0v) is 20.9. The predicted octanol–water partition coefficient (Wildman–Crippen LogP) is 2.76. The van der Waals surface area contributed by atoms with Crippen LogP contribution in [0.1, 0.15) is 25.3 Å². The number of sulfonamides is 1. The topological polar surface area (TPSA) is 102 Å². The lowest BCUT2D eigenvalue weighted by atomic mass is 9.95. The first kappa shape index (κ1) is 25.0. The van der Waals surface area contributed by atoms with E-state index in [2.05, 4.69) is 0 Å². The monoisotopic (exact) mass is 502 g/mol. The van der Waals surface area contributed by atoms with Crippen molar-refractivity contribution in [1.29, 1.82) is 0 Å². The van der Waals surface area contributed by atoms with Crippen LogP contribution >= 0.6 is 0 Å². The van der Waals surface area contributed by atoms with Gasteiger partial charge in [-0.3, -0.25) is 4.79 Å². The lowest BCUT2D eigenvalue weighted by Crippen LogP contribution is -2.51. The third-order valence-corrected chi connectivity index (χ3v) is 8.29. The van der Waals surface area contributed by atoms with Crippen molar-refractivity contribution >= 4 is 27.6 Å². The Morgan fingerprint density at radius 2 is 1.83 bits per heavy atom. The summed E-state index contributed by atoms with van der Waals surface area (Å²) in [6, 6.07) is 11.9. The molecule has 1 fully saturated rings. The second-order valence-corrected chi connectivity index (χ2v) is 10.5. The maximum Gasteiger partial charge on any atom is 0.348 e. The number of amides is 1. The molecule has 0 aromatic heterocycles. The van der Waals surface area contributed by atoms with Crippen LogP contribution in [0, 0.1) is 12.8 Å². The number of aryl methyl sites for hydroxylation is 1. The number of carbonyl (C=O) groups excluding carboxylic acids is 2. The Labute approximate surface area is 205 Å². The van der Waals surface area contributed by atoms with Crippen molar-refractivity contribution in [1.82, 2.24) is 4.31 Å². The number of nitrogens with zero attached hydrogens (tertiary/aromatic N) is 2. The molecule has 0 radical (unpaired) electrons. The van der Waals surface area contributed by atoms with Gasteiger partial charge < -0.3 is 19.1 Å². The van der Waals surface area contributed by atoms with Crippen molar-refractivity contribution < 1.29 is 32.2 Å². The molecule has 188 valence electrons. The molecule has 1 amide bonds. The molecule has 1 unspecified atom stereocenters. The normalized spacial score (nSPS) is 18.9. The Kier molecular flexibility index (Phi) is 7.32. The number of fused-ring (bicyclic) bond motifs is 1. The van der Waals surface area contributed by atoms with E-state index in [1.807, 2.05) is 13.8 Å². The van der Waals surface area contributed by atoms with Crippen LogP contribution in [0.15, 0.2) is 47.4 Å². The summed E-state index contributed by atoms with van der Waals surface area (Å²) in [5.74, 6) is 0.0284. The van der Waals surface area contributed by atoms with Gasteiger partial charge in [-0.2, -0.15) is 4.31 Å². The van der Waals surface area contributed by atoms with Gasteiger partial charge in [0, 0.05) is 19.0 Å². The molecule has 0 aliphatic carbocycles. The van der Waals surface area contributed by atoms with Crippen molar-refractivity contribution in [3.63, 3.8) is 0 Å². The first-order chi connectivity index (χ1) is 16.8. The Morgan fingerprint density at radius 3 is 2.49 bits per heavy atom. The van der Waals surface area contributed by atoms with E-state index < -0.39 is 22.1 Å². The summed E-state index contributed by atoms with van der Waals surface area (Å²) in [5, 5.41) is 0. The molecule has 35 heavy (non-hydrogen) atoms. The largest absolute Gasteiger partial charge is 0.494 e. The SMILES string of the molecule is CCOc1ccc(S(=O)(=O)N2CCC(C(=O)N3CC(C(=O)OC)Oc4ccccc43)CC2)cc1C. The second kappa shape index (κ2) is 10.2. The predicted molar refractivity (Wildman–Crippen MR) is 129 cm³/mol. The lowest BCUT2D eigenvalue weighted by molar-refractivity contribution is -0.148. The zero-order valence-electron chi connectivity index (χ0n) is 20.1. The van der Waals surface area contributed by atoms with Crippen molar-refractivity contribution in [3.8, 4) is 11.5 Å². The maximum atomic E-state index is 13.5. The highest BCUT2D eigenvalue weighted by Crippen LogP contribution is 2.36. The van der Waals surface area contributed by atoms with Crippen LogP contribution in [0.3, 0.4) is 0 Å². The van der Waals surface area contributed by atoms with E-state index in [4.69, 9.17) is 14.2 Å². The molecule has 9 nitrogen and oxygen atoms in total. The molecule has 0 spiro atoms. The highest BCUT2D eigenvalue weighted by molar-refractivity contribution is 7.89. The van der Waals surface area contributed by atoms with Crippen LogP contribution in [0.5, 0.6) is 11.5 Å². The molecule has 0 saturated carbocycles. The fraction of sp³-hybridized carbons (Fsp3) is 0.440. The minimum Gasteiger partial charge on any atom is -0.494 e. The molecule has 2 aromatic rings. The third kappa shape index (κ3) is 4.99. The van der Waals surface area contributed by atoms with E-state index in [1.165, 1.54) is 11.4 Å². The molecule has 4 rings (SSSR count). The van der Waals surface area contributed by atoms with E-state index in [0.717, 1.165) is 5.56 Å². The van der Waals surface area contributed by atoms with E-state index in [1.54, 1.807) is 47.4 Å². The number of piperidine rings is 1. The molecule has 2 aromatic carbocycles. The van der Waals surface area contributed by atoms with Gasteiger partial charge in [0.1, 0.15) is 11.5 Å². The number of anilines is 1. The van der Waals surface area contributed by atoms with Crippen LogP contribution < -0.4 is 14.4 Å². The number of hydrogen-bond acceptors (Lipinski definition) is 7. The van der Waals surface area contributed by atoms with Gasteiger partial charge in [0.05, 0.1) is 30.8 Å². The van der Waals surface area contributed by atoms with Crippen molar-refractivity contribution in [2.45, 2.75) is 37.7 Å².